The van der Waals surface area contributed by atoms with Crippen molar-refractivity contribution in [1.29, 1.82) is 0 Å². The van der Waals surface area contributed by atoms with Crippen LogP contribution in [0.4, 0.5) is 5.69 Å². The molecule has 1 rings (SSSR count). The first-order valence-corrected chi connectivity index (χ1v) is 4.07. The van der Waals surface area contributed by atoms with E-state index >= 15 is 0 Å². The number of halogens is 1. The SMILES string of the molecule is COC.O=[N+]([O-])c1cc(O)cc(Cl)c1O. The molecule has 0 heterocycles. The number of nitro groups is 1. The van der Waals surface area contributed by atoms with Crippen LogP contribution in [0.3, 0.4) is 0 Å². The van der Waals surface area contributed by atoms with Gasteiger partial charge in [0, 0.05) is 20.3 Å². The van der Waals surface area contributed by atoms with Gasteiger partial charge in [0.05, 0.1) is 16.0 Å². The minimum absolute atomic E-state index is 0.248. The average molecular weight is 236 g/mol. The van der Waals surface area contributed by atoms with Crippen LogP contribution in [0.15, 0.2) is 12.1 Å². The fourth-order valence-corrected chi connectivity index (χ4v) is 0.918. The van der Waals surface area contributed by atoms with Crippen LogP contribution in [0.5, 0.6) is 11.5 Å². The summed E-state index contributed by atoms with van der Waals surface area (Å²) in [5.74, 6) is -0.996. The molecule has 0 unspecified atom stereocenters. The fraction of sp³-hybridized carbons (Fsp3) is 0.250. The molecular formula is C8H10ClNO5. The molecule has 0 radical (unpaired) electrons. The molecule has 6 nitrogen and oxygen atoms in total. The van der Waals surface area contributed by atoms with Crippen molar-refractivity contribution < 1.29 is 19.9 Å². The van der Waals surface area contributed by atoms with Crippen LogP contribution in [-0.4, -0.2) is 29.4 Å². The highest BCUT2D eigenvalue weighted by atomic mass is 35.5. The molecule has 0 saturated carbocycles. The molecule has 0 aliphatic heterocycles. The van der Waals surface area contributed by atoms with Crippen LogP contribution in [-0.2, 0) is 4.74 Å². The van der Waals surface area contributed by atoms with Gasteiger partial charge < -0.3 is 14.9 Å². The third-order valence-electron chi connectivity index (χ3n) is 1.22. The molecule has 0 bridgehead atoms. The summed E-state index contributed by atoms with van der Waals surface area (Å²) >= 11 is 5.35. The lowest BCUT2D eigenvalue weighted by atomic mass is 10.3. The molecule has 0 aliphatic rings. The highest BCUT2D eigenvalue weighted by molar-refractivity contribution is 6.32. The van der Waals surface area contributed by atoms with E-state index in [4.69, 9.17) is 21.8 Å². The second kappa shape index (κ2) is 6.05. The molecule has 1 aromatic rings. The lowest BCUT2D eigenvalue weighted by molar-refractivity contribution is -0.385. The Morgan fingerprint density at radius 2 is 1.87 bits per heavy atom. The summed E-state index contributed by atoms with van der Waals surface area (Å²) < 4.78 is 4.25. The molecule has 2 N–H and O–H groups in total. The van der Waals surface area contributed by atoms with E-state index in [1.54, 1.807) is 14.2 Å². The van der Waals surface area contributed by atoms with Crippen molar-refractivity contribution in [3.05, 3.63) is 27.3 Å². The monoisotopic (exact) mass is 235 g/mol. The number of aromatic hydroxyl groups is 2. The van der Waals surface area contributed by atoms with Gasteiger partial charge in [-0.05, 0) is 0 Å². The van der Waals surface area contributed by atoms with Gasteiger partial charge in [-0.3, -0.25) is 10.1 Å². The van der Waals surface area contributed by atoms with Crippen LogP contribution < -0.4 is 0 Å². The predicted molar refractivity (Wildman–Crippen MR) is 54.4 cm³/mol. The van der Waals surface area contributed by atoms with Crippen molar-refractivity contribution in [3.63, 3.8) is 0 Å². The zero-order valence-electron chi connectivity index (χ0n) is 8.10. The summed E-state index contributed by atoms with van der Waals surface area (Å²) in [6, 6.07) is 1.84. The van der Waals surface area contributed by atoms with Crippen molar-refractivity contribution in [2.75, 3.05) is 14.2 Å². The Kier molecular flexibility index (Phi) is 5.43. The Morgan fingerprint density at radius 3 is 2.27 bits per heavy atom. The van der Waals surface area contributed by atoms with Crippen LogP contribution in [0.1, 0.15) is 0 Å². The third kappa shape index (κ3) is 4.01. The quantitative estimate of drug-likeness (QED) is 0.441. The maximum atomic E-state index is 10.2. The number of methoxy groups -OCH3 is 1. The number of ether oxygens (including phenoxy) is 1. The Hall–Kier alpha value is -1.53. The van der Waals surface area contributed by atoms with Crippen molar-refractivity contribution in [2.24, 2.45) is 0 Å². The number of nitrogens with zero attached hydrogens (tertiary/aromatic N) is 1. The molecule has 1 aromatic carbocycles. The van der Waals surface area contributed by atoms with Gasteiger partial charge in [-0.15, -0.1) is 0 Å². The molecule has 0 atom stereocenters. The zero-order chi connectivity index (χ0) is 12.0. The van der Waals surface area contributed by atoms with Gasteiger partial charge in [0.1, 0.15) is 5.75 Å². The van der Waals surface area contributed by atoms with E-state index in [1.807, 2.05) is 0 Å². The van der Waals surface area contributed by atoms with Gasteiger partial charge in [0.15, 0.2) is 0 Å². The molecule has 7 heteroatoms. The van der Waals surface area contributed by atoms with Gasteiger partial charge >= 0.3 is 5.69 Å². The summed E-state index contributed by atoms with van der Waals surface area (Å²) in [4.78, 5) is 9.37. The smallest absolute Gasteiger partial charge is 0.315 e. The third-order valence-corrected chi connectivity index (χ3v) is 1.51. The Labute approximate surface area is 90.8 Å². The molecule has 0 aromatic heterocycles. The second-order valence-corrected chi connectivity index (χ2v) is 2.87. The molecule has 0 aliphatic carbocycles. The highest BCUT2D eigenvalue weighted by Gasteiger charge is 2.17. The van der Waals surface area contributed by atoms with Gasteiger partial charge in [0.2, 0.25) is 5.75 Å². The molecule has 0 amide bonds. The topological polar surface area (TPSA) is 92.8 Å². The molecule has 0 fully saturated rings. The predicted octanol–water partition coefficient (Wildman–Crippen LogP) is 1.92. The van der Waals surface area contributed by atoms with Crippen LogP contribution in [0, 0.1) is 10.1 Å². The van der Waals surface area contributed by atoms with Crippen molar-refractivity contribution in [3.8, 4) is 11.5 Å². The number of hydrogen-bond donors (Lipinski definition) is 2. The van der Waals surface area contributed by atoms with Crippen molar-refractivity contribution >= 4 is 17.3 Å². The number of phenolic OH excluding ortho intramolecular Hbond substituents is 2. The Balaban J connectivity index is 0.000000583. The highest BCUT2D eigenvalue weighted by Crippen LogP contribution is 2.36. The number of rotatable bonds is 1. The molecule has 84 valence electrons. The van der Waals surface area contributed by atoms with E-state index in [1.165, 1.54) is 0 Å². The largest absolute Gasteiger partial charge is 0.508 e. The number of nitro benzene ring substituents is 1. The summed E-state index contributed by atoms with van der Waals surface area (Å²) in [5, 5.41) is 27.8. The van der Waals surface area contributed by atoms with Gasteiger partial charge in [-0.2, -0.15) is 0 Å². The number of benzene rings is 1. The zero-order valence-corrected chi connectivity index (χ0v) is 8.85. The van der Waals surface area contributed by atoms with Gasteiger partial charge in [0.25, 0.3) is 0 Å². The second-order valence-electron chi connectivity index (χ2n) is 2.46. The van der Waals surface area contributed by atoms with Crippen molar-refractivity contribution in [1.82, 2.24) is 0 Å². The van der Waals surface area contributed by atoms with Gasteiger partial charge in [-0.25, -0.2) is 0 Å². The Bertz CT molecular complexity index is 355. The van der Waals surface area contributed by atoms with Crippen molar-refractivity contribution in [2.45, 2.75) is 0 Å². The van der Waals surface area contributed by atoms with Crippen LogP contribution in [0.2, 0.25) is 5.02 Å². The van der Waals surface area contributed by atoms with E-state index in [9.17, 15) is 10.1 Å². The first kappa shape index (κ1) is 13.5. The summed E-state index contributed by atoms with van der Waals surface area (Å²) in [6.07, 6.45) is 0. The van der Waals surface area contributed by atoms with Crippen LogP contribution in [0.25, 0.3) is 0 Å². The molecule has 0 saturated heterocycles. The molecule has 15 heavy (non-hydrogen) atoms. The lowest BCUT2D eigenvalue weighted by Gasteiger charge is -1.98. The number of hydrogen-bond acceptors (Lipinski definition) is 5. The average Bonchev–Trinajstić information content (AvgIpc) is 2.12. The van der Waals surface area contributed by atoms with E-state index in [0.717, 1.165) is 12.1 Å². The fourth-order valence-electron chi connectivity index (χ4n) is 0.710. The van der Waals surface area contributed by atoms with E-state index in [0.29, 0.717) is 0 Å². The lowest BCUT2D eigenvalue weighted by Crippen LogP contribution is -1.88. The summed E-state index contributed by atoms with van der Waals surface area (Å²) in [5.41, 5.74) is -0.611. The van der Waals surface area contributed by atoms with Crippen LogP contribution >= 0.6 is 11.6 Å². The standard InChI is InChI=1S/C6H4ClNO4.C2H6O/c7-4-1-3(9)2-5(6(4)10)8(11)12;1-3-2/h1-2,9-10H;1-2H3. The van der Waals surface area contributed by atoms with E-state index < -0.39 is 16.4 Å². The minimum atomic E-state index is -0.832. The Morgan fingerprint density at radius 1 is 1.40 bits per heavy atom. The maximum absolute atomic E-state index is 10.2. The molecular weight excluding hydrogens is 226 g/mol. The summed E-state index contributed by atoms with van der Waals surface area (Å²) in [6.45, 7) is 0. The maximum Gasteiger partial charge on any atom is 0.315 e. The minimum Gasteiger partial charge on any atom is -0.508 e. The van der Waals surface area contributed by atoms with E-state index in [2.05, 4.69) is 4.74 Å². The van der Waals surface area contributed by atoms with Gasteiger partial charge in [-0.1, -0.05) is 11.6 Å². The van der Waals surface area contributed by atoms with E-state index in [-0.39, 0.29) is 10.8 Å². The summed E-state index contributed by atoms with van der Waals surface area (Å²) in [7, 11) is 3.25. The number of phenols is 2. The first-order chi connectivity index (χ1) is 6.93. The first-order valence-electron chi connectivity index (χ1n) is 3.70. The molecule has 0 spiro atoms. The normalized spacial score (nSPS) is 9.00.